The van der Waals surface area contributed by atoms with Gasteiger partial charge in [-0.25, -0.2) is 4.98 Å². The molecule has 14 heavy (non-hydrogen) atoms. The maximum absolute atomic E-state index is 11.4. The second-order valence-electron chi connectivity index (χ2n) is 3.61. The van der Waals surface area contributed by atoms with Gasteiger partial charge in [-0.2, -0.15) is 0 Å². The molecular formula is C9H12BrNO2S. The Morgan fingerprint density at radius 1 is 1.71 bits per heavy atom. The van der Waals surface area contributed by atoms with E-state index in [2.05, 4.69) is 20.9 Å². The molecule has 0 saturated carbocycles. The number of esters is 1. The molecule has 0 saturated heterocycles. The standard InChI is InChI=1S/C9H12BrNO2S/c1-9(2,8(12)13-3)4-7-11-5-6(10)14-7/h5H,4H2,1-3H3. The van der Waals surface area contributed by atoms with E-state index in [4.69, 9.17) is 4.74 Å². The minimum Gasteiger partial charge on any atom is -0.469 e. The first kappa shape index (κ1) is 11.7. The van der Waals surface area contributed by atoms with Crippen molar-refractivity contribution in [2.75, 3.05) is 7.11 Å². The minimum atomic E-state index is -0.508. The van der Waals surface area contributed by atoms with Gasteiger partial charge >= 0.3 is 5.97 Å². The summed E-state index contributed by atoms with van der Waals surface area (Å²) in [4.78, 5) is 15.6. The minimum absolute atomic E-state index is 0.205. The number of thiazole rings is 1. The Bertz CT molecular complexity index is 335. The Labute approximate surface area is 95.6 Å². The van der Waals surface area contributed by atoms with Crippen LogP contribution in [0.4, 0.5) is 0 Å². The van der Waals surface area contributed by atoms with E-state index in [1.807, 2.05) is 13.8 Å². The molecule has 0 bridgehead atoms. The highest BCUT2D eigenvalue weighted by Gasteiger charge is 2.30. The fourth-order valence-electron chi connectivity index (χ4n) is 1.10. The second kappa shape index (κ2) is 4.40. The monoisotopic (exact) mass is 277 g/mol. The number of hydrogen-bond donors (Lipinski definition) is 0. The lowest BCUT2D eigenvalue weighted by Gasteiger charge is -2.19. The lowest BCUT2D eigenvalue weighted by molar-refractivity contribution is -0.150. The summed E-state index contributed by atoms with van der Waals surface area (Å²) < 4.78 is 5.70. The molecule has 0 N–H and O–H groups in total. The van der Waals surface area contributed by atoms with Gasteiger partial charge in [0.2, 0.25) is 0 Å². The molecule has 0 atom stereocenters. The van der Waals surface area contributed by atoms with Crippen molar-refractivity contribution in [3.8, 4) is 0 Å². The number of nitrogens with zero attached hydrogens (tertiary/aromatic N) is 1. The van der Waals surface area contributed by atoms with Crippen molar-refractivity contribution in [3.63, 3.8) is 0 Å². The van der Waals surface area contributed by atoms with Crippen molar-refractivity contribution >= 4 is 33.2 Å². The molecule has 1 rings (SSSR count). The van der Waals surface area contributed by atoms with Crippen LogP contribution in [0.2, 0.25) is 0 Å². The lowest BCUT2D eigenvalue weighted by Crippen LogP contribution is -2.27. The Hall–Kier alpha value is -0.420. The molecule has 0 amide bonds. The van der Waals surface area contributed by atoms with E-state index in [0.717, 1.165) is 8.79 Å². The third-order valence-electron chi connectivity index (χ3n) is 1.86. The molecule has 1 aromatic rings. The summed E-state index contributed by atoms with van der Waals surface area (Å²) in [7, 11) is 1.40. The van der Waals surface area contributed by atoms with Crippen LogP contribution in [0.3, 0.4) is 0 Å². The van der Waals surface area contributed by atoms with Gasteiger partial charge in [-0.05, 0) is 29.8 Å². The first-order valence-corrected chi connectivity index (χ1v) is 5.75. The maximum atomic E-state index is 11.4. The molecule has 1 heterocycles. The highest BCUT2D eigenvalue weighted by atomic mass is 79.9. The highest BCUT2D eigenvalue weighted by Crippen LogP contribution is 2.27. The fourth-order valence-corrected chi connectivity index (χ4v) is 2.63. The smallest absolute Gasteiger partial charge is 0.311 e. The number of carbonyl (C=O) groups is 1. The average Bonchev–Trinajstić information content (AvgIpc) is 2.48. The molecule has 0 unspecified atom stereocenters. The van der Waals surface area contributed by atoms with E-state index in [0.29, 0.717) is 6.42 Å². The third kappa shape index (κ3) is 2.78. The van der Waals surface area contributed by atoms with Gasteiger partial charge in [-0.3, -0.25) is 4.79 Å². The van der Waals surface area contributed by atoms with Crippen LogP contribution >= 0.6 is 27.3 Å². The van der Waals surface area contributed by atoms with Crippen LogP contribution in [0.15, 0.2) is 9.98 Å². The zero-order valence-electron chi connectivity index (χ0n) is 8.33. The number of methoxy groups -OCH3 is 1. The van der Waals surface area contributed by atoms with Gasteiger partial charge in [0.1, 0.15) is 0 Å². The number of hydrogen-bond acceptors (Lipinski definition) is 4. The van der Waals surface area contributed by atoms with E-state index in [1.165, 1.54) is 7.11 Å². The topological polar surface area (TPSA) is 39.2 Å². The van der Waals surface area contributed by atoms with Crippen molar-refractivity contribution in [2.24, 2.45) is 5.41 Å². The number of halogens is 1. The number of carbonyl (C=O) groups excluding carboxylic acids is 1. The van der Waals surface area contributed by atoms with Crippen molar-refractivity contribution in [3.05, 3.63) is 15.0 Å². The van der Waals surface area contributed by atoms with E-state index in [1.54, 1.807) is 17.5 Å². The summed E-state index contributed by atoms with van der Waals surface area (Å²) in [5, 5.41) is 0.937. The Morgan fingerprint density at radius 3 is 2.79 bits per heavy atom. The third-order valence-corrected chi connectivity index (χ3v) is 3.33. The van der Waals surface area contributed by atoms with Crippen LogP contribution in [0.5, 0.6) is 0 Å². The summed E-state index contributed by atoms with van der Waals surface area (Å²) in [6.07, 6.45) is 2.35. The quantitative estimate of drug-likeness (QED) is 0.798. The molecular weight excluding hydrogens is 266 g/mol. The van der Waals surface area contributed by atoms with Crippen LogP contribution in [-0.4, -0.2) is 18.1 Å². The lowest BCUT2D eigenvalue weighted by atomic mass is 9.90. The summed E-state index contributed by atoms with van der Waals surface area (Å²) in [5.74, 6) is -0.205. The SMILES string of the molecule is COC(=O)C(C)(C)Cc1ncc(Br)s1. The first-order valence-electron chi connectivity index (χ1n) is 4.14. The second-order valence-corrected chi connectivity index (χ2v) is 6.10. The normalized spacial score (nSPS) is 11.4. The maximum Gasteiger partial charge on any atom is 0.311 e. The molecule has 3 nitrogen and oxygen atoms in total. The van der Waals surface area contributed by atoms with E-state index >= 15 is 0 Å². The molecule has 0 fully saturated rings. The Morgan fingerprint density at radius 2 is 2.36 bits per heavy atom. The van der Waals surface area contributed by atoms with Crippen molar-refractivity contribution in [2.45, 2.75) is 20.3 Å². The first-order chi connectivity index (χ1) is 6.45. The van der Waals surface area contributed by atoms with Gasteiger partial charge in [-0.1, -0.05) is 0 Å². The summed E-state index contributed by atoms with van der Waals surface area (Å²) in [6, 6.07) is 0. The number of rotatable bonds is 3. The van der Waals surface area contributed by atoms with Crippen molar-refractivity contribution in [1.29, 1.82) is 0 Å². The summed E-state index contributed by atoms with van der Waals surface area (Å²) >= 11 is 4.87. The van der Waals surface area contributed by atoms with Crippen LogP contribution in [-0.2, 0) is 16.0 Å². The largest absolute Gasteiger partial charge is 0.469 e. The van der Waals surface area contributed by atoms with Crippen LogP contribution in [0.1, 0.15) is 18.9 Å². The zero-order valence-corrected chi connectivity index (χ0v) is 10.7. The molecule has 0 aliphatic heterocycles. The molecule has 0 radical (unpaired) electrons. The number of aromatic nitrogens is 1. The molecule has 0 aliphatic rings. The molecule has 0 spiro atoms. The fraction of sp³-hybridized carbons (Fsp3) is 0.556. The van der Waals surface area contributed by atoms with Crippen molar-refractivity contribution < 1.29 is 9.53 Å². The van der Waals surface area contributed by atoms with Gasteiger partial charge in [0.15, 0.2) is 0 Å². The Balaban J connectivity index is 2.72. The summed E-state index contributed by atoms with van der Waals surface area (Å²) in [5.41, 5.74) is -0.508. The molecule has 0 aromatic carbocycles. The van der Waals surface area contributed by atoms with Gasteiger partial charge in [0, 0.05) is 6.42 Å². The van der Waals surface area contributed by atoms with E-state index < -0.39 is 5.41 Å². The number of ether oxygens (including phenoxy) is 1. The zero-order chi connectivity index (χ0) is 10.8. The Kier molecular flexibility index (Phi) is 3.66. The average molecular weight is 278 g/mol. The predicted molar refractivity (Wildman–Crippen MR) is 59.3 cm³/mol. The highest BCUT2D eigenvalue weighted by molar-refractivity contribution is 9.11. The summed E-state index contributed by atoms with van der Waals surface area (Å²) in [6.45, 7) is 3.71. The van der Waals surface area contributed by atoms with Crippen LogP contribution < -0.4 is 0 Å². The van der Waals surface area contributed by atoms with Gasteiger partial charge in [0.05, 0.1) is 27.5 Å². The van der Waals surface area contributed by atoms with Crippen LogP contribution in [0, 0.1) is 5.41 Å². The van der Waals surface area contributed by atoms with Gasteiger partial charge in [0.25, 0.3) is 0 Å². The molecule has 78 valence electrons. The van der Waals surface area contributed by atoms with Gasteiger partial charge < -0.3 is 4.74 Å². The van der Waals surface area contributed by atoms with Gasteiger partial charge in [-0.15, -0.1) is 11.3 Å². The van der Waals surface area contributed by atoms with Crippen LogP contribution in [0.25, 0.3) is 0 Å². The van der Waals surface area contributed by atoms with E-state index in [9.17, 15) is 4.79 Å². The van der Waals surface area contributed by atoms with Crippen molar-refractivity contribution in [1.82, 2.24) is 4.98 Å². The predicted octanol–water partition coefficient (Wildman–Crippen LogP) is 2.65. The molecule has 0 aliphatic carbocycles. The van der Waals surface area contributed by atoms with E-state index in [-0.39, 0.29) is 5.97 Å². The molecule has 5 heteroatoms. The molecule has 1 aromatic heterocycles.